The van der Waals surface area contributed by atoms with Crippen LogP contribution in [0.5, 0.6) is 0 Å². The molecule has 70 valence electrons. The van der Waals surface area contributed by atoms with Gasteiger partial charge in [-0.05, 0) is 18.8 Å². The summed E-state index contributed by atoms with van der Waals surface area (Å²) in [6.07, 6.45) is 3.37. The topological polar surface area (TPSA) is 57.5 Å². The van der Waals surface area contributed by atoms with Crippen LogP contribution in [-0.2, 0) is 4.79 Å². The maximum atomic E-state index is 10.5. The maximum absolute atomic E-state index is 10.5. The van der Waals surface area contributed by atoms with Crippen LogP contribution in [0.25, 0.3) is 0 Å². The van der Waals surface area contributed by atoms with Crippen molar-refractivity contribution < 1.29 is 15.0 Å². The standard InChI is InChI=1S/C9H16O3/c1-2-7-4-3-5-9(7,12)6-8(10)11/h7,12H,2-6H2,1H3,(H,10,11). The number of carbonyl (C=O) groups is 1. The summed E-state index contributed by atoms with van der Waals surface area (Å²) in [6, 6.07) is 0. The van der Waals surface area contributed by atoms with Gasteiger partial charge in [-0.3, -0.25) is 4.79 Å². The molecule has 1 aliphatic rings. The van der Waals surface area contributed by atoms with E-state index in [4.69, 9.17) is 5.11 Å². The van der Waals surface area contributed by atoms with E-state index in [-0.39, 0.29) is 12.3 Å². The van der Waals surface area contributed by atoms with Gasteiger partial charge >= 0.3 is 5.97 Å². The van der Waals surface area contributed by atoms with Gasteiger partial charge in [0.05, 0.1) is 12.0 Å². The van der Waals surface area contributed by atoms with Crippen LogP contribution in [0.3, 0.4) is 0 Å². The molecule has 0 amide bonds. The molecule has 3 nitrogen and oxygen atoms in total. The third kappa shape index (κ3) is 1.78. The normalized spacial score (nSPS) is 35.3. The van der Waals surface area contributed by atoms with Gasteiger partial charge in [0.25, 0.3) is 0 Å². The van der Waals surface area contributed by atoms with Crippen LogP contribution in [0.2, 0.25) is 0 Å². The number of rotatable bonds is 3. The van der Waals surface area contributed by atoms with Crippen molar-refractivity contribution in [3.63, 3.8) is 0 Å². The van der Waals surface area contributed by atoms with Crippen LogP contribution < -0.4 is 0 Å². The first-order valence-corrected chi connectivity index (χ1v) is 4.52. The minimum atomic E-state index is -0.916. The average Bonchev–Trinajstić information content (AvgIpc) is 2.28. The summed E-state index contributed by atoms with van der Waals surface area (Å²) in [6.45, 7) is 2.00. The highest BCUT2D eigenvalue weighted by Crippen LogP contribution is 2.39. The molecule has 1 rings (SSSR count). The Hall–Kier alpha value is -0.570. The Bertz CT molecular complexity index is 179. The van der Waals surface area contributed by atoms with Gasteiger partial charge in [0.2, 0.25) is 0 Å². The van der Waals surface area contributed by atoms with Crippen molar-refractivity contribution in [3.05, 3.63) is 0 Å². The average molecular weight is 172 g/mol. The second-order valence-corrected chi connectivity index (χ2v) is 3.67. The zero-order valence-electron chi connectivity index (χ0n) is 7.42. The van der Waals surface area contributed by atoms with Crippen molar-refractivity contribution in [2.75, 3.05) is 0 Å². The van der Waals surface area contributed by atoms with Crippen LogP contribution in [0.15, 0.2) is 0 Å². The zero-order chi connectivity index (χ0) is 9.19. The first-order valence-electron chi connectivity index (χ1n) is 4.52. The molecule has 2 N–H and O–H groups in total. The van der Waals surface area contributed by atoms with Gasteiger partial charge in [-0.1, -0.05) is 19.8 Å². The van der Waals surface area contributed by atoms with E-state index in [0.29, 0.717) is 6.42 Å². The van der Waals surface area contributed by atoms with Crippen LogP contribution >= 0.6 is 0 Å². The third-order valence-corrected chi connectivity index (χ3v) is 2.87. The molecular formula is C9H16O3. The Morgan fingerprint density at radius 1 is 1.67 bits per heavy atom. The molecule has 0 radical (unpaired) electrons. The molecule has 2 unspecified atom stereocenters. The van der Waals surface area contributed by atoms with Crippen LogP contribution in [0.1, 0.15) is 39.0 Å². The van der Waals surface area contributed by atoms with E-state index in [9.17, 15) is 9.90 Å². The molecule has 1 saturated carbocycles. The molecule has 2 atom stereocenters. The molecule has 3 heteroatoms. The van der Waals surface area contributed by atoms with Crippen LogP contribution in [-0.4, -0.2) is 21.8 Å². The monoisotopic (exact) mass is 172 g/mol. The molecule has 0 aromatic heterocycles. The van der Waals surface area contributed by atoms with E-state index in [1.54, 1.807) is 0 Å². The molecule has 0 heterocycles. The Balaban J connectivity index is 2.61. The molecule has 0 aliphatic heterocycles. The molecule has 12 heavy (non-hydrogen) atoms. The predicted octanol–water partition coefficient (Wildman–Crippen LogP) is 1.40. The number of aliphatic carboxylic acids is 1. The fraction of sp³-hybridized carbons (Fsp3) is 0.889. The number of hydrogen-bond acceptors (Lipinski definition) is 2. The number of hydrogen-bond donors (Lipinski definition) is 2. The molecule has 0 aromatic carbocycles. The molecule has 0 saturated heterocycles. The van der Waals surface area contributed by atoms with E-state index in [1.165, 1.54) is 0 Å². The smallest absolute Gasteiger partial charge is 0.306 e. The van der Waals surface area contributed by atoms with E-state index in [1.807, 2.05) is 6.92 Å². The summed E-state index contributed by atoms with van der Waals surface area (Å²) in [5.74, 6) is -0.702. The Morgan fingerprint density at radius 2 is 2.33 bits per heavy atom. The minimum Gasteiger partial charge on any atom is -0.481 e. The summed E-state index contributed by atoms with van der Waals surface area (Å²) < 4.78 is 0. The van der Waals surface area contributed by atoms with Gasteiger partial charge in [-0.25, -0.2) is 0 Å². The van der Waals surface area contributed by atoms with E-state index in [0.717, 1.165) is 19.3 Å². The minimum absolute atomic E-state index is 0.0918. The molecule has 0 bridgehead atoms. The third-order valence-electron chi connectivity index (χ3n) is 2.87. The molecular weight excluding hydrogens is 156 g/mol. The summed E-state index contributed by atoms with van der Waals surface area (Å²) in [7, 11) is 0. The van der Waals surface area contributed by atoms with Crippen molar-refractivity contribution in [2.24, 2.45) is 5.92 Å². The van der Waals surface area contributed by atoms with Crippen molar-refractivity contribution in [1.29, 1.82) is 0 Å². The second-order valence-electron chi connectivity index (χ2n) is 3.67. The number of aliphatic hydroxyl groups is 1. The lowest BCUT2D eigenvalue weighted by molar-refractivity contribution is -0.144. The van der Waals surface area contributed by atoms with Crippen molar-refractivity contribution in [3.8, 4) is 0 Å². The second kappa shape index (κ2) is 3.44. The fourth-order valence-electron chi connectivity index (χ4n) is 2.21. The van der Waals surface area contributed by atoms with Crippen LogP contribution in [0, 0.1) is 5.92 Å². The predicted molar refractivity (Wildman–Crippen MR) is 44.8 cm³/mol. The SMILES string of the molecule is CCC1CCCC1(O)CC(=O)O. The van der Waals surface area contributed by atoms with Gasteiger partial charge in [-0.2, -0.15) is 0 Å². The Kier molecular flexibility index (Phi) is 2.73. The lowest BCUT2D eigenvalue weighted by Gasteiger charge is -2.27. The highest BCUT2D eigenvalue weighted by Gasteiger charge is 2.41. The van der Waals surface area contributed by atoms with E-state index < -0.39 is 11.6 Å². The summed E-state index contributed by atoms with van der Waals surface area (Å²) in [5, 5.41) is 18.5. The van der Waals surface area contributed by atoms with Gasteiger partial charge in [0, 0.05) is 0 Å². The summed E-state index contributed by atoms with van der Waals surface area (Å²) in [4.78, 5) is 10.5. The highest BCUT2D eigenvalue weighted by molar-refractivity contribution is 5.68. The maximum Gasteiger partial charge on any atom is 0.306 e. The highest BCUT2D eigenvalue weighted by atomic mass is 16.4. The summed E-state index contributed by atoms with van der Waals surface area (Å²) in [5.41, 5.74) is -0.916. The van der Waals surface area contributed by atoms with Gasteiger partial charge in [-0.15, -0.1) is 0 Å². The van der Waals surface area contributed by atoms with Gasteiger partial charge in [0.1, 0.15) is 0 Å². The van der Waals surface area contributed by atoms with Crippen LogP contribution in [0.4, 0.5) is 0 Å². The molecule has 1 aliphatic carbocycles. The van der Waals surface area contributed by atoms with Crippen molar-refractivity contribution in [1.82, 2.24) is 0 Å². The summed E-state index contributed by atoms with van der Waals surface area (Å²) >= 11 is 0. The van der Waals surface area contributed by atoms with E-state index in [2.05, 4.69) is 0 Å². The van der Waals surface area contributed by atoms with E-state index >= 15 is 0 Å². The number of carboxylic acid groups (broad SMARTS) is 1. The largest absolute Gasteiger partial charge is 0.481 e. The van der Waals surface area contributed by atoms with Crippen molar-refractivity contribution >= 4 is 5.97 Å². The van der Waals surface area contributed by atoms with Crippen molar-refractivity contribution in [2.45, 2.75) is 44.6 Å². The first kappa shape index (κ1) is 9.52. The Labute approximate surface area is 72.4 Å². The quantitative estimate of drug-likeness (QED) is 0.676. The fourth-order valence-corrected chi connectivity index (χ4v) is 2.21. The Morgan fingerprint density at radius 3 is 2.83 bits per heavy atom. The molecule has 0 aromatic rings. The van der Waals surface area contributed by atoms with Gasteiger partial charge < -0.3 is 10.2 Å². The number of carboxylic acids is 1. The molecule has 1 fully saturated rings. The first-order chi connectivity index (χ1) is 5.58. The lowest BCUT2D eigenvalue weighted by Crippen LogP contribution is -2.35. The lowest BCUT2D eigenvalue weighted by atomic mass is 9.86. The molecule has 0 spiro atoms. The van der Waals surface area contributed by atoms with Gasteiger partial charge in [0.15, 0.2) is 0 Å². The zero-order valence-corrected chi connectivity index (χ0v) is 7.42.